The molecule has 1 aromatic heterocycles. The van der Waals surface area contributed by atoms with Crippen molar-refractivity contribution in [2.75, 3.05) is 5.32 Å². The van der Waals surface area contributed by atoms with Gasteiger partial charge >= 0.3 is 5.63 Å². The van der Waals surface area contributed by atoms with Crippen molar-refractivity contribution in [3.8, 4) is 0 Å². The predicted molar refractivity (Wildman–Crippen MR) is 86.4 cm³/mol. The van der Waals surface area contributed by atoms with Gasteiger partial charge < -0.3 is 9.73 Å². The molecule has 1 amide bonds. The normalized spacial score (nSPS) is 10.6. The molecular weight excluding hydrogens is 278 g/mol. The van der Waals surface area contributed by atoms with Gasteiger partial charge in [-0.15, -0.1) is 0 Å². The molecule has 3 aromatic rings. The Balaban J connectivity index is 1.95. The second-order valence-electron chi connectivity index (χ2n) is 5.24. The number of hydrogen-bond donors (Lipinski definition) is 1. The predicted octanol–water partition coefficient (Wildman–Crippen LogP) is 3.66. The molecule has 0 radical (unpaired) electrons. The quantitative estimate of drug-likeness (QED) is 0.733. The number of carbonyl (C=O) groups excluding carboxylic acids is 1. The smallest absolute Gasteiger partial charge is 0.360 e. The molecule has 0 fully saturated rings. The lowest BCUT2D eigenvalue weighted by Crippen LogP contribution is -2.18. The van der Waals surface area contributed by atoms with Crippen molar-refractivity contribution in [3.05, 3.63) is 75.6 Å². The van der Waals surface area contributed by atoms with Crippen LogP contribution in [0.5, 0.6) is 0 Å². The van der Waals surface area contributed by atoms with Crippen LogP contribution in [0.25, 0.3) is 11.0 Å². The monoisotopic (exact) mass is 293 g/mol. The van der Waals surface area contributed by atoms with E-state index in [2.05, 4.69) is 5.32 Å². The Morgan fingerprint density at radius 2 is 1.77 bits per heavy atom. The molecule has 0 aliphatic carbocycles. The van der Waals surface area contributed by atoms with Crippen molar-refractivity contribution in [1.29, 1.82) is 0 Å². The zero-order valence-electron chi connectivity index (χ0n) is 12.3. The molecule has 1 heterocycles. The van der Waals surface area contributed by atoms with E-state index in [1.807, 2.05) is 32.0 Å². The molecule has 4 nitrogen and oxygen atoms in total. The maximum Gasteiger partial charge on any atom is 0.360 e. The van der Waals surface area contributed by atoms with Crippen LogP contribution in [-0.2, 0) is 0 Å². The number of fused-ring (bicyclic) bond motifs is 1. The van der Waals surface area contributed by atoms with E-state index < -0.39 is 5.63 Å². The van der Waals surface area contributed by atoms with Gasteiger partial charge in [-0.05, 0) is 49.2 Å². The fourth-order valence-electron chi connectivity index (χ4n) is 2.23. The number of anilines is 1. The van der Waals surface area contributed by atoms with E-state index in [-0.39, 0.29) is 11.6 Å². The van der Waals surface area contributed by atoms with E-state index in [4.69, 9.17) is 4.42 Å². The average molecular weight is 293 g/mol. The van der Waals surface area contributed by atoms with Gasteiger partial charge in [-0.1, -0.05) is 24.3 Å². The Morgan fingerprint density at radius 1 is 1.00 bits per heavy atom. The maximum absolute atomic E-state index is 12.3. The maximum atomic E-state index is 12.3. The molecule has 4 heteroatoms. The third kappa shape index (κ3) is 2.63. The van der Waals surface area contributed by atoms with Crippen molar-refractivity contribution in [2.45, 2.75) is 13.8 Å². The van der Waals surface area contributed by atoms with Gasteiger partial charge in [-0.3, -0.25) is 4.79 Å². The van der Waals surface area contributed by atoms with Gasteiger partial charge in [-0.2, -0.15) is 0 Å². The lowest BCUT2D eigenvalue weighted by atomic mass is 10.1. The van der Waals surface area contributed by atoms with Gasteiger partial charge in [0.05, 0.1) is 0 Å². The van der Waals surface area contributed by atoms with Crippen LogP contribution in [0.3, 0.4) is 0 Å². The second kappa shape index (κ2) is 5.48. The van der Waals surface area contributed by atoms with Crippen LogP contribution in [-0.4, -0.2) is 5.91 Å². The highest BCUT2D eigenvalue weighted by atomic mass is 16.4. The molecule has 0 bridgehead atoms. The van der Waals surface area contributed by atoms with E-state index >= 15 is 0 Å². The largest absolute Gasteiger partial charge is 0.421 e. The number of aryl methyl sites for hydroxylation is 2. The molecule has 0 saturated heterocycles. The molecule has 0 aliphatic heterocycles. The van der Waals surface area contributed by atoms with Crippen LogP contribution in [0.4, 0.5) is 5.69 Å². The number of carbonyl (C=O) groups is 1. The molecule has 0 atom stereocenters. The van der Waals surface area contributed by atoms with Crippen LogP contribution < -0.4 is 10.9 Å². The number of para-hydroxylation sites is 1. The minimum Gasteiger partial charge on any atom is -0.421 e. The van der Waals surface area contributed by atoms with Crippen LogP contribution in [0.15, 0.2) is 57.7 Å². The van der Waals surface area contributed by atoms with E-state index in [9.17, 15) is 9.59 Å². The molecule has 22 heavy (non-hydrogen) atoms. The van der Waals surface area contributed by atoms with Gasteiger partial charge in [0, 0.05) is 10.9 Å². The third-order valence-electron chi connectivity index (χ3n) is 3.66. The number of rotatable bonds is 2. The minimum atomic E-state index is -0.559. The van der Waals surface area contributed by atoms with Crippen molar-refractivity contribution in [3.63, 3.8) is 0 Å². The zero-order chi connectivity index (χ0) is 15.7. The van der Waals surface area contributed by atoms with E-state index in [1.165, 1.54) is 0 Å². The highest BCUT2D eigenvalue weighted by molar-refractivity contribution is 6.04. The van der Waals surface area contributed by atoms with Crippen LogP contribution in [0, 0.1) is 13.8 Å². The fraction of sp³-hybridized carbons (Fsp3) is 0.111. The third-order valence-corrected chi connectivity index (χ3v) is 3.66. The van der Waals surface area contributed by atoms with Crippen molar-refractivity contribution in [2.24, 2.45) is 0 Å². The molecule has 2 aromatic carbocycles. The summed E-state index contributed by atoms with van der Waals surface area (Å²) in [6, 6.07) is 14.2. The first-order valence-corrected chi connectivity index (χ1v) is 6.96. The van der Waals surface area contributed by atoms with Crippen LogP contribution >= 0.6 is 0 Å². The first-order chi connectivity index (χ1) is 10.5. The van der Waals surface area contributed by atoms with Gasteiger partial charge in [0.2, 0.25) is 0 Å². The first kappa shape index (κ1) is 14.1. The Bertz CT molecular complexity index is 925. The first-order valence-electron chi connectivity index (χ1n) is 6.96. The molecule has 1 N–H and O–H groups in total. The zero-order valence-corrected chi connectivity index (χ0v) is 12.3. The van der Waals surface area contributed by atoms with Gasteiger partial charge in [0.1, 0.15) is 11.3 Å². The summed E-state index contributed by atoms with van der Waals surface area (Å²) >= 11 is 0. The van der Waals surface area contributed by atoms with Crippen LogP contribution in [0.2, 0.25) is 0 Å². The van der Waals surface area contributed by atoms with E-state index in [1.54, 1.807) is 30.3 Å². The number of amides is 1. The van der Waals surface area contributed by atoms with E-state index in [0.29, 0.717) is 11.1 Å². The molecule has 0 saturated carbocycles. The summed E-state index contributed by atoms with van der Waals surface area (Å²) in [4.78, 5) is 24.2. The molecule has 110 valence electrons. The SMILES string of the molecule is Cc1ccc(C(=O)Nc2cc3ccccc3oc2=O)cc1C. The van der Waals surface area contributed by atoms with Crippen molar-refractivity contribution < 1.29 is 9.21 Å². The highest BCUT2D eigenvalue weighted by Gasteiger charge is 2.11. The molecule has 0 aliphatic rings. The van der Waals surface area contributed by atoms with Crippen molar-refractivity contribution >= 4 is 22.6 Å². The highest BCUT2D eigenvalue weighted by Crippen LogP contribution is 2.16. The summed E-state index contributed by atoms with van der Waals surface area (Å²) < 4.78 is 5.20. The standard InChI is InChI=1S/C18H15NO3/c1-11-7-8-14(9-12(11)2)17(20)19-15-10-13-5-3-4-6-16(13)22-18(15)21/h3-10H,1-2H3,(H,19,20). The minimum absolute atomic E-state index is 0.141. The molecular formula is C18H15NO3. The van der Waals surface area contributed by atoms with Crippen molar-refractivity contribution in [1.82, 2.24) is 0 Å². The summed E-state index contributed by atoms with van der Waals surface area (Å²) in [5.74, 6) is -0.328. The summed E-state index contributed by atoms with van der Waals surface area (Å²) in [6.45, 7) is 3.92. The Kier molecular flexibility index (Phi) is 3.51. The Morgan fingerprint density at radius 3 is 2.55 bits per heavy atom. The average Bonchev–Trinajstić information content (AvgIpc) is 2.50. The number of nitrogens with one attached hydrogen (secondary N) is 1. The fourth-order valence-corrected chi connectivity index (χ4v) is 2.23. The summed E-state index contributed by atoms with van der Waals surface area (Å²) in [5.41, 5.74) is 2.73. The van der Waals surface area contributed by atoms with Gasteiger partial charge in [0.25, 0.3) is 5.91 Å². The number of hydrogen-bond acceptors (Lipinski definition) is 3. The Hall–Kier alpha value is -2.88. The second-order valence-corrected chi connectivity index (χ2v) is 5.24. The van der Waals surface area contributed by atoms with Gasteiger partial charge in [0.15, 0.2) is 0 Å². The number of benzene rings is 2. The summed E-state index contributed by atoms with van der Waals surface area (Å²) in [6.07, 6.45) is 0. The molecule has 0 spiro atoms. The summed E-state index contributed by atoms with van der Waals surface area (Å²) in [7, 11) is 0. The Labute approximate surface area is 127 Å². The molecule has 0 unspecified atom stereocenters. The van der Waals surface area contributed by atoms with Crippen LogP contribution in [0.1, 0.15) is 21.5 Å². The lowest BCUT2D eigenvalue weighted by Gasteiger charge is -2.07. The molecule has 3 rings (SSSR count). The summed E-state index contributed by atoms with van der Waals surface area (Å²) in [5, 5.41) is 3.38. The van der Waals surface area contributed by atoms with E-state index in [0.717, 1.165) is 16.5 Å². The topological polar surface area (TPSA) is 59.3 Å². The lowest BCUT2D eigenvalue weighted by molar-refractivity contribution is 0.102. The van der Waals surface area contributed by atoms with Gasteiger partial charge in [-0.25, -0.2) is 4.79 Å².